The highest BCUT2D eigenvalue weighted by atomic mass is 16.5. The van der Waals surface area contributed by atoms with Crippen molar-refractivity contribution in [3.63, 3.8) is 0 Å². The third-order valence-corrected chi connectivity index (χ3v) is 3.13. The maximum atomic E-state index is 5.81. The number of rotatable bonds is 5. The number of imidazole rings is 1. The summed E-state index contributed by atoms with van der Waals surface area (Å²) in [5.41, 5.74) is 7.78. The molecule has 0 aliphatic heterocycles. The first-order valence-corrected chi connectivity index (χ1v) is 6.67. The summed E-state index contributed by atoms with van der Waals surface area (Å²) in [6.07, 6.45) is 3.01. The molecule has 4 heteroatoms. The van der Waals surface area contributed by atoms with E-state index in [1.165, 1.54) is 0 Å². The van der Waals surface area contributed by atoms with Gasteiger partial charge in [-0.2, -0.15) is 0 Å². The van der Waals surface area contributed by atoms with Crippen molar-refractivity contribution in [3.8, 4) is 17.1 Å². The number of ether oxygens (including phenoxy) is 1. The van der Waals surface area contributed by atoms with Gasteiger partial charge in [-0.3, -0.25) is 0 Å². The van der Waals surface area contributed by atoms with Gasteiger partial charge in [-0.25, -0.2) is 4.98 Å². The number of aromatic nitrogens is 2. The van der Waals surface area contributed by atoms with Gasteiger partial charge >= 0.3 is 0 Å². The normalized spacial score (nSPS) is 14.1. The summed E-state index contributed by atoms with van der Waals surface area (Å²) in [4.78, 5) is 7.56. The lowest BCUT2D eigenvalue weighted by Crippen LogP contribution is -2.09. The van der Waals surface area contributed by atoms with Gasteiger partial charge in [-0.1, -0.05) is 6.92 Å². The minimum atomic E-state index is -0.0331. The van der Waals surface area contributed by atoms with E-state index in [1.807, 2.05) is 31.2 Å². The Hall–Kier alpha value is -1.81. The second-order valence-corrected chi connectivity index (χ2v) is 4.84. The van der Waals surface area contributed by atoms with Gasteiger partial charge < -0.3 is 15.5 Å². The predicted molar refractivity (Wildman–Crippen MR) is 77.0 cm³/mol. The lowest BCUT2D eigenvalue weighted by molar-refractivity contribution is 0.217. The first-order chi connectivity index (χ1) is 9.10. The summed E-state index contributed by atoms with van der Waals surface area (Å²) < 4.78 is 5.75. The number of nitrogens with one attached hydrogen (secondary N) is 1. The molecule has 3 N–H and O–H groups in total. The summed E-state index contributed by atoms with van der Waals surface area (Å²) >= 11 is 0. The Bertz CT molecular complexity index is 516. The molecule has 2 unspecified atom stereocenters. The Morgan fingerprint density at radius 1 is 1.26 bits per heavy atom. The quantitative estimate of drug-likeness (QED) is 0.866. The molecule has 0 fully saturated rings. The first-order valence-electron chi connectivity index (χ1n) is 6.67. The maximum absolute atomic E-state index is 5.81. The fraction of sp³-hybridized carbons (Fsp3) is 0.400. The first kappa shape index (κ1) is 13.6. The SMILES string of the molecule is CCC(C)Oc1ccc(-c2ncc(C(C)N)[nH]2)cc1. The zero-order valence-electron chi connectivity index (χ0n) is 11.7. The van der Waals surface area contributed by atoms with Gasteiger partial charge in [0.05, 0.1) is 18.0 Å². The molecule has 0 saturated heterocycles. The van der Waals surface area contributed by atoms with Crippen molar-refractivity contribution in [1.29, 1.82) is 0 Å². The Morgan fingerprint density at radius 3 is 2.47 bits per heavy atom. The van der Waals surface area contributed by atoms with Gasteiger partial charge in [-0.15, -0.1) is 0 Å². The van der Waals surface area contributed by atoms with Crippen LogP contribution < -0.4 is 10.5 Å². The maximum Gasteiger partial charge on any atom is 0.137 e. The van der Waals surface area contributed by atoms with Crippen molar-refractivity contribution in [2.75, 3.05) is 0 Å². The van der Waals surface area contributed by atoms with Gasteiger partial charge in [0, 0.05) is 11.6 Å². The number of benzene rings is 1. The zero-order valence-corrected chi connectivity index (χ0v) is 11.7. The van der Waals surface area contributed by atoms with Crippen molar-refractivity contribution >= 4 is 0 Å². The average molecular weight is 259 g/mol. The van der Waals surface area contributed by atoms with E-state index in [9.17, 15) is 0 Å². The fourth-order valence-electron chi connectivity index (χ4n) is 1.72. The van der Waals surface area contributed by atoms with Crippen molar-refractivity contribution < 1.29 is 4.74 Å². The van der Waals surface area contributed by atoms with E-state index in [0.717, 1.165) is 29.3 Å². The van der Waals surface area contributed by atoms with Crippen LogP contribution in [-0.2, 0) is 0 Å². The van der Waals surface area contributed by atoms with Crippen LogP contribution in [0.15, 0.2) is 30.5 Å². The summed E-state index contributed by atoms with van der Waals surface area (Å²) in [6.45, 7) is 6.10. The van der Waals surface area contributed by atoms with E-state index < -0.39 is 0 Å². The molecule has 0 saturated carbocycles. The molecule has 0 amide bonds. The van der Waals surface area contributed by atoms with Gasteiger partial charge in [0.2, 0.25) is 0 Å². The van der Waals surface area contributed by atoms with Gasteiger partial charge in [0.1, 0.15) is 11.6 Å². The molecule has 0 bridgehead atoms. The Labute approximate surface area is 114 Å². The molecule has 2 rings (SSSR count). The molecule has 0 radical (unpaired) electrons. The Balaban J connectivity index is 2.13. The van der Waals surface area contributed by atoms with Crippen molar-refractivity contribution in [1.82, 2.24) is 9.97 Å². The van der Waals surface area contributed by atoms with E-state index in [-0.39, 0.29) is 12.1 Å². The standard InChI is InChI=1S/C15H21N3O/c1-4-10(2)19-13-7-5-12(6-8-13)15-17-9-14(18-15)11(3)16/h5-11H,4,16H2,1-3H3,(H,17,18). The van der Waals surface area contributed by atoms with Crippen LogP contribution in [0.3, 0.4) is 0 Å². The molecule has 0 aliphatic rings. The zero-order chi connectivity index (χ0) is 13.8. The highest BCUT2D eigenvalue weighted by molar-refractivity contribution is 5.56. The van der Waals surface area contributed by atoms with E-state index in [4.69, 9.17) is 10.5 Å². The minimum Gasteiger partial charge on any atom is -0.491 e. The predicted octanol–water partition coefficient (Wildman–Crippen LogP) is 3.27. The monoisotopic (exact) mass is 259 g/mol. The van der Waals surface area contributed by atoms with E-state index in [1.54, 1.807) is 6.20 Å². The molecular weight excluding hydrogens is 238 g/mol. The number of aromatic amines is 1. The van der Waals surface area contributed by atoms with E-state index >= 15 is 0 Å². The van der Waals surface area contributed by atoms with Crippen LogP contribution in [-0.4, -0.2) is 16.1 Å². The van der Waals surface area contributed by atoms with Crippen molar-refractivity contribution in [3.05, 3.63) is 36.2 Å². The number of H-pyrrole nitrogens is 1. The van der Waals surface area contributed by atoms with Crippen LogP contribution in [0.2, 0.25) is 0 Å². The highest BCUT2D eigenvalue weighted by Crippen LogP contribution is 2.22. The number of nitrogens with two attached hydrogens (primary N) is 1. The summed E-state index contributed by atoms with van der Waals surface area (Å²) in [7, 11) is 0. The van der Waals surface area contributed by atoms with Crippen LogP contribution in [0, 0.1) is 0 Å². The summed E-state index contributed by atoms with van der Waals surface area (Å²) in [5, 5.41) is 0. The third-order valence-electron chi connectivity index (χ3n) is 3.13. The topological polar surface area (TPSA) is 63.9 Å². The van der Waals surface area contributed by atoms with Crippen LogP contribution in [0.4, 0.5) is 0 Å². The number of hydrogen-bond acceptors (Lipinski definition) is 3. The molecule has 1 heterocycles. The molecule has 1 aromatic carbocycles. The Kier molecular flexibility index (Phi) is 4.22. The third kappa shape index (κ3) is 3.35. The van der Waals surface area contributed by atoms with Gasteiger partial charge in [-0.05, 0) is 44.5 Å². The second-order valence-electron chi connectivity index (χ2n) is 4.84. The van der Waals surface area contributed by atoms with Crippen LogP contribution in [0.25, 0.3) is 11.4 Å². The number of hydrogen-bond donors (Lipinski definition) is 2. The van der Waals surface area contributed by atoms with Gasteiger partial charge in [0.15, 0.2) is 0 Å². The number of nitrogens with zero attached hydrogens (tertiary/aromatic N) is 1. The molecule has 19 heavy (non-hydrogen) atoms. The molecule has 0 spiro atoms. The fourth-order valence-corrected chi connectivity index (χ4v) is 1.72. The average Bonchev–Trinajstić information content (AvgIpc) is 2.89. The van der Waals surface area contributed by atoms with Crippen LogP contribution in [0.1, 0.15) is 38.9 Å². The molecule has 1 aromatic heterocycles. The van der Waals surface area contributed by atoms with E-state index in [2.05, 4.69) is 23.8 Å². The lowest BCUT2D eigenvalue weighted by Gasteiger charge is -2.12. The molecule has 102 valence electrons. The molecule has 0 aliphatic carbocycles. The van der Waals surface area contributed by atoms with Crippen LogP contribution in [0.5, 0.6) is 5.75 Å². The minimum absolute atomic E-state index is 0.0331. The smallest absolute Gasteiger partial charge is 0.137 e. The van der Waals surface area contributed by atoms with Crippen molar-refractivity contribution in [2.45, 2.75) is 39.3 Å². The lowest BCUT2D eigenvalue weighted by atomic mass is 10.2. The molecule has 4 nitrogen and oxygen atoms in total. The second kappa shape index (κ2) is 5.89. The Morgan fingerprint density at radius 2 is 1.95 bits per heavy atom. The highest BCUT2D eigenvalue weighted by Gasteiger charge is 2.07. The summed E-state index contributed by atoms with van der Waals surface area (Å²) in [5.74, 6) is 1.72. The molecular formula is C15H21N3O. The molecule has 2 aromatic rings. The van der Waals surface area contributed by atoms with Crippen LogP contribution >= 0.6 is 0 Å². The molecule has 2 atom stereocenters. The largest absolute Gasteiger partial charge is 0.491 e. The van der Waals surface area contributed by atoms with Gasteiger partial charge in [0.25, 0.3) is 0 Å². The van der Waals surface area contributed by atoms with Crippen molar-refractivity contribution in [2.24, 2.45) is 5.73 Å². The van der Waals surface area contributed by atoms with E-state index in [0.29, 0.717) is 0 Å². The summed E-state index contributed by atoms with van der Waals surface area (Å²) in [6, 6.07) is 7.91.